The van der Waals surface area contributed by atoms with Gasteiger partial charge in [0, 0.05) is 34.7 Å². The van der Waals surface area contributed by atoms with Crippen molar-refractivity contribution in [3.8, 4) is 0 Å². The standard InChI is InChI=1S/C22H28ClN3O11S/c1-9(27)33-8-14-16(34-10(2)28)17(35-11(3)29)18(36-12(4)30)20(37-14)24-19-15(13(31)7-23)21(32)26(5)22(25-19)38-6/h14,16-18,20,24H,7-8H2,1-6H3/t14-,16-,17-,18-,20+/m0/s1. The fraction of sp³-hybridized carbons (Fsp3) is 0.591. The number of Topliss-reactive ketones (excluding diaryl/α,β-unsaturated/α-hetero) is 1. The number of anilines is 1. The molecule has 0 amide bonds. The minimum atomic E-state index is -1.48. The van der Waals surface area contributed by atoms with Crippen LogP contribution in [0.1, 0.15) is 38.1 Å². The molecule has 1 aromatic rings. The fourth-order valence-corrected chi connectivity index (χ4v) is 4.34. The third-order valence-corrected chi connectivity index (χ3v) is 6.08. The zero-order valence-electron chi connectivity index (χ0n) is 21.5. The number of carbonyl (C=O) groups excluding carboxylic acids is 5. The maximum atomic E-state index is 13.0. The molecule has 5 atom stereocenters. The summed E-state index contributed by atoms with van der Waals surface area (Å²) in [5.74, 6) is -4.64. The number of alkyl halides is 1. The second-order valence-corrected chi connectivity index (χ2v) is 9.05. The number of rotatable bonds is 10. The molecule has 0 aliphatic carbocycles. The summed E-state index contributed by atoms with van der Waals surface area (Å²) in [5.41, 5.74) is -1.10. The highest BCUT2D eigenvalue weighted by Gasteiger charge is 2.52. The van der Waals surface area contributed by atoms with E-state index < -0.39 is 83.9 Å². The minimum Gasteiger partial charge on any atom is -0.463 e. The predicted molar refractivity (Wildman–Crippen MR) is 132 cm³/mol. The number of aromatic nitrogens is 2. The summed E-state index contributed by atoms with van der Waals surface area (Å²) < 4.78 is 28.2. The van der Waals surface area contributed by atoms with Crippen LogP contribution >= 0.6 is 23.4 Å². The second kappa shape index (κ2) is 13.6. The van der Waals surface area contributed by atoms with E-state index in [0.29, 0.717) is 0 Å². The normalized spacial score (nSPS) is 22.7. The van der Waals surface area contributed by atoms with Crippen LogP contribution in [0.25, 0.3) is 0 Å². The lowest BCUT2D eigenvalue weighted by atomic mass is 9.97. The molecule has 0 bridgehead atoms. The maximum Gasteiger partial charge on any atom is 0.303 e. The van der Waals surface area contributed by atoms with E-state index >= 15 is 0 Å². The lowest BCUT2D eigenvalue weighted by Crippen LogP contribution is -2.64. The molecule has 14 nitrogen and oxygen atoms in total. The van der Waals surface area contributed by atoms with Crippen LogP contribution in [0.15, 0.2) is 9.95 Å². The van der Waals surface area contributed by atoms with E-state index in [1.807, 2.05) is 0 Å². The maximum absolute atomic E-state index is 13.0. The highest BCUT2D eigenvalue weighted by atomic mass is 35.5. The van der Waals surface area contributed by atoms with Gasteiger partial charge in [0.05, 0.1) is 5.88 Å². The third-order valence-electron chi connectivity index (χ3n) is 5.10. The smallest absolute Gasteiger partial charge is 0.303 e. The summed E-state index contributed by atoms with van der Waals surface area (Å²) in [4.78, 5) is 77.3. The monoisotopic (exact) mass is 577 g/mol. The van der Waals surface area contributed by atoms with E-state index in [-0.39, 0.29) is 11.0 Å². The first-order chi connectivity index (χ1) is 17.8. The molecule has 210 valence electrons. The number of nitrogens with one attached hydrogen (secondary N) is 1. The van der Waals surface area contributed by atoms with Crippen LogP contribution in [0.2, 0.25) is 0 Å². The van der Waals surface area contributed by atoms with Gasteiger partial charge < -0.3 is 29.0 Å². The molecule has 1 N–H and O–H groups in total. The Morgan fingerprint density at radius 3 is 2.03 bits per heavy atom. The molecule has 0 saturated carbocycles. The Labute approximate surface area is 226 Å². The van der Waals surface area contributed by atoms with Crippen LogP contribution in [-0.4, -0.2) is 88.6 Å². The van der Waals surface area contributed by atoms with Gasteiger partial charge in [-0.15, -0.1) is 11.6 Å². The van der Waals surface area contributed by atoms with E-state index in [2.05, 4.69) is 10.3 Å². The highest BCUT2D eigenvalue weighted by molar-refractivity contribution is 7.98. The highest BCUT2D eigenvalue weighted by Crippen LogP contribution is 2.30. The first-order valence-electron chi connectivity index (χ1n) is 11.1. The molecular weight excluding hydrogens is 550 g/mol. The number of hydrogen-bond acceptors (Lipinski definition) is 14. The summed E-state index contributed by atoms with van der Waals surface area (Å²) in [5, 5.41) is 2.99. The van der Waals surface area contributed by atoms with Gasteiger partial charge in [0.2, 0.25) is 0 Å². The Morgan fingerprint density at radius 1 is 0.974 bits per heavy atom. The quantitative estimate of drug-likeness (QED) is 0.101. The van der Waals surface area contributed by atoms with Crippen molar-refractivity contribution in [2.24, 2.45) is 7.05 Å². The Balaban J connectivity index is 2.69. The summed E-state index contributed by atoms with van der Waals surface area (Å²) in [7, 11) is 1.42. The number of carbonyl (C=O) groups is 5. The van der Waals surface area contributed by atoms with Crippen molar-refractivity contribution in [1.82, 2.24) is 9.55 Å². The van der Waals surface area contributed by atoms with Crippen LogP contribution in [0.5, 0.6) is 0 Å². The van der Waals surface area contributed by atoms with Gasteiger partial charge in [-0.2, -0.15) is 0 Å². The number of nitrogens with zero attached hydrogens (tertiary/aromatic N) is 2. The summed E-state index contributed by atoms with van der Waals surface area (Å²) in [6, 6.07) is 0. The number of thioether (sulfide) groups is 1. The van der Waals surface area contributed by atoms with E-state index in [1.54, 1.807) is 6.26 Å². The molecule has 38 heavy (non-hydrogen) atoms. The molecule has 0 radical (unpaired) electrons. The van der Waals surface area contributed by atoms with Crippen LogP contribution in [0.3, 0.4) is 0 Å². The van der Waals surface area contributed by atoms with Crippen molar-refractivity contribution in [1.29, 1.82) is 0 Å². The number of halogens is 1. The molecule has 1 aliphatic heterocycles. The minimum absolute atomic E-state index is 0.217. The first kappa shape index (κ1) is 31.1. The fourth-order valence-electron chi connectivity index (χ4n) is 3.67. The Hall–Kier alpha value is -3.17. The van der Waals surface area contributed by atoms with Crippen LogP contribution < -0.4 is 10.9 Å². The van der Waals surface area contributed by atoms with Gasteiger partial charge in [0.25, 0.3) is 5.56 Å². The molecule has 16 heteroatoms. The van der Waals surface area contributed by atoms with Crippen LogP contribution in [0.4, 0.5) is 5.82 Å². The van der Waals surface area contributed by atoms with Crippen molar-refractivity contribution in [2.45, 2.75) is 63.5 Å². The molecule has 1 aromatic heterocycles. The summed E-state index contributed by atoms with van der Waals surface area (Å²) in [6.45, 7) is 3.94. The average molecular weight is 578 g/mol. The largest absolute Gasteiger partial charge is 0.463 e. The van der Waals surface area contributed by atoms with E-state index in [0.717, 1.165) is 44.0 Å². The zero-order valence-corrected chi connectivity index (χ0v) is 23.0. The predicted octanol–water partition coefficient (Wildman–Crippen LogP) is 0.419. The van der Waals surface area contributed by atoms with Gasteiger partial charge in [-0.3, -0.25) is 33.3 Å². The molecule has 1 fully saturated rings. The SMILES string of the molecule is CSc1nc(N[C@@H]2O[C@@H](COC(C)=O)[C@H](OC(C)=O)[C@H](OC(C)=O)[C@@H]2OC(C)=O)c(C(=O)CCl)c(=O)n1C. The van der Waals surface area contributed by atoms with Crippen molar-refractivity contribution in [2.75, 3.05) is 24.1 Å². The molecule has 1 aliphatic rings. The molecule has 2 rings (SSSR count). The lowest BCUT2D eigenvalue weighted by molar-refractivity contribution is -0.247. The lowest BCUT2D eigenvalue weighted by Gasteiger charge is -2.44. The molecule has 0 aromatic carbocycles. The van der Waals surface area contributed by atoms with Gasteiger partial charge in [-0.1, -0.05) is 11.8 Å². The summed E-state index contributed by atoms with van der Waals surface area (Å²) >= 11 is 6.84. The third kappa shape index (κ3) is 7.68. The van der Waals surface area contributed by atoms with Crippen molar-refractivity contribution < 1.29 is 47.7 Å². The molecule has 0 spiro atoms. The van der Waals surface area contributed by atoms with Crippen molar-refractivity contribution in [3.05, 3.63) is 15.9 Å². The second-order valence-electron chi connectivity index (χ2n) is 8.01. The van der Waals surface area contributed by atoms with Crippen LogP contribution in [0, 0.1) is 0 Å². The Bertz CT molecular complexity index is 1160. The topological polar surface area (TPSA) is 178 Å². The van der Waals surface area contributed by atoms with Gasteiger partial charge in [-0.25, -0.2) is 4.98 Å². The molecular formula is C22H28ClN3O11S. The Kier molecular flexibility index (Phi) is 11.1. The van der Waals surface area contributed by atoms with Crippen molar-refractivity contribution >= 4 is 58.8 Å². The number of esters is 4. The van der Waals surface area contributed by atoms with Crippen molar-refractivity contribution in [3.63, 3.8) is 0 Å². The number of ketones is 1. The van der Waals surface area contributed by atoms with E-state index in [4.69, 9.17) is 35.3 Å². The Morgan fingerprint density at radius 2 is 1.53 bits per heavy atom. The summed E-state index contributed by atoms with van der Waals surface area (Å²) in [6.07, 6.45) is -5.33. The van der Waals surface area contributed by atoms with Gasteiger partial charge >= 0.3 is 23.9 Å². The van der Waals surface area contributed by atoms with Gasteiger partial charge in [0.15, 0.2) is 35.5 Å². The van der Waals surface area contributed by atoms with Gasteiger partial charge in [-0.05, 0) is 6.26 Å². The zero-order chi connectivity index (χ0) is 28.7. The molecule has 2 heterocycles. The van der Waals surface area contributed by atoms with Crippen LogP contribution in [-0.2, 0) is 49.9 Å². The molecule has 0 unspecified atom stereocenters. The number of ether oxygens (including phenoxy) is 5. The van der Waals surface area contributed by atoms with Gasteiger partial charge in [0.1, 0.15) is 24.1 Å². The van der Waals surface area contributed by atoms with E-state index in [9.17, 15) is 28.8 Å². The average Bonchev–Trinajstić information content (AvgIpc) is 2.82. The number of hydrogen-bond donors (Lipinski definition) is 1. The molecule has 1 saturated heterocycles. The first-order valence-corrected chi connectivity index (χ1v) is 12.9. The van der Waals surface area contributed by atoms with E-state index in [1.165, 1.54) is 7.05 Å².